The summed E-state index contributed by atoms with van der Waals surface area (Å²) in [7, 11) is 0. The number of rotatable bonds is 3. The molecule has 1 nitrogen and oxygen atoms in total. The zero-order valence-electron chi connectivity index (χ0n) is 10.3. The fourth-order valence-corrected chi connectivity index (χ4v) is 2.11. The number of halogens is 2. The van der Waals surface area contributed by atoms with Crippen LogP contribution in [0.2, 0.25) is 0 Å². The smallest absolute Gasteiger partial charge is 0.167 e. The van der Waals surface area contributed by atoms with E-state index in [4.69, 9.17) is 4.74 Å². The van der Waals surface area contributed by atoms with E-state index >= 15 is 0 Å². The predicted molar refractivity (Wildman–Crippen MR) is 75.0 cm³/mol. The molecule has 0 heterocycles. The highest BCUT2D eigenvalue weighted by molar-refractivity contribution is 9.08. The molecule has 0 N–H and O–H groups in total. The van der Waals surface area contributed by atoms with Gasteiger partial charge >= 0.3 is 0 Å². The summed E-state index contributed by atoms with van der Waals surface area (Å²) in [6.07, 6.45) is 0. The predicted octanol–water partition coefficient (Wildman–Crippen LogP) is 5.13. The maximum Gasteiger partial charge on any atom is 0.167 e. The fraction of sp³-hybridized carbons (Fsp3) is 0.200. The Morgan fingerprint density at radius 3 is 2.56 bits per heavy atom. The first-order valence-corrected chi connectivity index (χ1v) is 6.82. The minimum Gasteiger partial charge on any atom is -0.454 e. The van der Waals surface area contributed by atoms with Crippen LogP contribution in [-0.2, 0) is 5.33 Å². The van der Waals surface area contributed by atoms with Crippen molar-refractivity contribution in [3.05, 3.63) is 58.9 Å². The summed E-state index contributed by atoms with van der Waals surface area (Å²) in [4.78, 5) is 0. The molecule has 0 saturated carbocycles. The van der Waals surface area contributed by atoms with Gasteiger partial charge in [0.15, 0.2) is 11.6 Å². The summed E-state index contributed by atoms with van der Waals surface area (Å²) in [6, 6.07) is 10.7. The van der Waals surface area contributed by atoms with E-state index in [9.17, 15) is 4.39 Å². The second kappa shape index (κ2) is 5.53. The quantitative estimate of drug-likeness (QED) is 0.714. The molecule has 0 aliphatic heterocycles. The zero-order chi connectivity index (χ0) is 13.1. The Hall–Kier alpha value is -1.35. The molecule has 0 aliphatic rings. The number of aryl methyl sites for hydroxylation is 2. The van der Waals surface area contributed by atoms with Crippen molar-refractivity contribution in [1.29, 1.82) is 0 Å². The van der Waals surface area contributed by atoms with Crippen molar-refractivity contribution < 1.29 is 9.13 Å². The molecular weight excluding hydrogens is 295 g/mol. The largest absolute Gasteiger partial charge is 0.454 e. The standard InChI is InChI=1S/C15H14BrFO/c1-10-6-7-13(8-11(10)2)18-15-12(9-16)4-3-5-14(15)17/h3-8H,9H2,1-2H3. The van der Waals surface area contributed by atoms with Crippen LogP contribution in [0, 0.1) is 19.7 Å². The highest BCUT2D eigenvalue weighted by atomic mass is 79.9. The molecule has 0 unspecified atom stereocenters. The first kappa shape index (κ1) is 13.1. The van der Waals surface area contributed by atoms with Crippen LogP contribution in [-0.4, -0.2) is 0 Å². The minimum absolute atomic E-state index is 0.289. The van der Waals surface area contributed by atoms with Gasteiger partial charge in [-0.2, -0.15) is 0 Å². The second-order valence-corrected chi connectivity index (χ2v) is 4.77. The molecule has 0 aliphatic carbocycles. The van der Waals surface area contributed by atoms with Gasteiger partial charge in [-0.1, -0.05) is 34.1 Å². The molecule has 94 valence electrons. The van der Waals surface area contributed by atoms with Crippen LogP contribution in [0.1, 0.15) is 16.7 Å². The number of benzene rings is 2. The zero-order valence-corrected chi connectivity index (χ0v) is 11.9. The van der Waals surface area contributed by atoms with Crippen molar-refractivity contribution in [1.82, 2.24) is 0 Å². The van der Waals surface area contributed by atoms with Crippen LogP contribution in [0.25, 0.3) is 0 Å². The van der Waals surface area contributed by atoms with Crippen molar-refractivity contribution in [3.63, 3.8) is 0 Å². The molecule has 0 saturated heterocycles. The van der Waals surface area contributed by atoms with Crippen LogP contribution in [0.5, 0.6) is 11.5 Å². The van der Waals surface area contributed by atoms with Gasteiger partial charge in [0.25, 0.3) is 0 Å². The van der Waals surface area contributed by atoms with Gasteiger partial charge in [-0.3, -0.25) is 0 Å². The third kappa shape index (κ3) is 2.72. The van der Waals surface area contributed by atoms with Crippen LogP contribution in [0.4, 0.5) is 4.39 Å². The van der Waals surface area contributed by atoms with E-state index in [1.54, 1.807) is 6.07 Å². The molecule has 0 atom stereocenters. The van der Waals surface area contributed by atoms with Gasteiger partial charge in [-0.05, 0) is 43.2 Å². The van der Waals surface area contributed by atoms with E-state index in [0.29, 0.717) is 11.1 Å². The van der Waals surface area contributed by atoms with E-state index in [-0.39, 0.29) is 11.6 Å². The molecule has 0 amide bonds. The Morgan fingerprint density at radius 2 is 1.89 bits per heavy atom. The van der Waals surface area contributed by atoms with Gasteiger partial charge in [0, 0.05) is 10.9 Å². The third-order valence-electron chi connectivity index (χ3n) is 2.89. The van der Waals surface area contributed by atoms with Crippen molar-refractivity contribution in [2.75, 3.05) is 0 Å². The van der Waals surface area contributed by atoms with E-state index in [0.717, 1.165) is 11.1 Å². The van der Waals surface area contributed by atoms with Gasteiger partial charge in [-0.25, -0.2) is 4.39 Å². The first-order valence-electron chi connectivity index (χ1n) is 5.70. The molecule has 18 heavy (non-hydrogen) atoms. The van der Waals surface area contributed by atoms with E-state index in [1.165, 1.54) is 11.6 Å². The molecule has 0 fully saturated rings. The van der Waals surface area contributed by atoms with Crippen molar-refractivity contribution in [2.24, 2.45) is 0 Å². The summed E-state index contributed by atoms with van der Waals surface area (Å²) in [6.45, 7) is 4.04. The third-order valence-corrected chi connectivity index (χ3v) is 3.49. The van der Waals surface area contributed by atoms with Gasteiger partial charge in [0.1, 0.15) is 5.75 Å². The normalized spacial score (nSPS) is 10.4. The van der Waals surface area contributed by atoms with Crippen LogP contribution >= 0.6 is 15.9 Å². The van der Waals surface area contributed by atoms with Crippen LogP contribution < -0.4 is 4.74 Å². The lowest BCUT2D eigenvalue weighted by atomic mass is 10.1. The molecule has 2 aromatic rings. The van der Waals surface area contributed by atoms with Gasteiger partial charge < -0.3 is 4.74 Å². The van der Waals surface area contributed by atoms with Crippen molar-refractivity contribution in [2.45, 2.75) is 19.2 Å². The fourth-order valence-electron chi connectivity index (χ4n) is 1.67. The molecule has 0 aromatic heterocycles. The second-order valence-electron chi connectivity index (χ2n) is 4.21. The number of hydrogen-bond acceptors (Lipinski definition) is 1. The maximum atomic E-state index is 13.8. The lowest BCUT2D eigenvalue weighted by molar-refractivity contribution is 0.438. The molecule has 0 radical (unpaired) electrons. The Labute approximate surface area is 115 Å². The monoisotopic (exact) mass is 308 g/mol. The van der Waals surface area contributed by atoms with Crippen LogP contribution in [0.15, 0.2) is 36.4 Å². The Balaban J connectivity index is 2.36. The summed E-state index contributed by atoms with van der Waals surface area (Å²) < 4.78 is 19.4. The summed E-state index contributed by atoms with van der Waals surface area (Å²) >= 11 is 3.34. The van der Waals surface area contributed by atoms with Gasteiger partial charge in [0.2, 0.25) is 0 Å². The lowest BCUT2D eigenvalue weighted by Gasteiger charge is -2.11. The summed E-state index contributed by atoms with van der Waals surface area (Å²) in [5.74, 6) is 0.605. The average molecular weight is 309 g/mol. The molecule has 0 spiro atoms. The lowest BCUT2D eigenvalue weighted by Crippen LogP contribution is -1.94. The van der Waals surface area contributed by atoms with E-state index in [1.807, 2.05) is 38.1 Å². The number of hydrogen-bond donors (Lipinski definition) is 0. The topological polar surface area (TPSA) is 9.23 Å². The summed E-state index contributed by atoms with van der Waals surface area (Å²) in [5, 5.41) is 0.560. The highest BCUT2D eigenvalue weighted by Gasteiger charge is 2.10. The van der Waals surface area contributed by atoms with Gasteiger partial charge in [-0.15, -0.1) is 0 Å². The highest BCUT2D eigenvalue weighted by Crippen LogP contribution is 2.30. The molecule has 0 bridgehead atoms. The SMILES string of the molecule is Cc1ccc(Oc2c(F)cccc2CBr)cc1C. The Kier molecular flexibility index (Phi) is 4.02. The number of para-hydroxylation sites is 1. The first-order chi connectivity index (χ1) is 8.61. The Bertz CT molecular complexity index is 566. The molecule has 3 heteroatoms. The molecule has 2 aromatic carbocycles. The summed E-state index contributed by atoms with van der Waals surface area (Å²) in [5.41, 5.74) is 3.12. The molecular formula is C15H14BrFO. The van der Waals surface area contributed by atoms with E-state index in [2.05, 4.69) is 15.9 Å². The number of ether oxygens (including phenoxy) is 1. The number of alkyl halides is 1. The minimum atomic E-state index is -0.342. The molecule has 2 rings (SSSR count). The van der Waals surface area contributed by atoms with Crippen molar-refractivity contribution in [3.8, 4) is 11.5 Å². The maximum absolute atomic E-state index is 13.8. The Morgan fingerprint density at radius 1 is 1.11 bits per heavy atom. The average Bonchev–Trinajstić information content (AvgIpc) is 2.36. The van der Waals surface area contributed by atoms with Gasteiger partial charge in [0.05, 0.1) is 0 Å². The van der Waals surface area contributed by atoms with E-state index < -0.39 is 0 Å². The van der Waals surface area contributed by atoms with Crippen LogP contribution in [0.3, 0.4) is 0 Å². The van der Waals surface area contributed by atoms with Crippen molar-refractivity contribution >= 4 is 15.9 Å².